The number of epoxide rings is 1. The highest BCUT2D eigenvalue weighted by atomic mass is 16.6. The first-order valence-electron chi connectivity index (χ1n) is 8.13. The Morgan fingerprint density at radius 3 is 1.37 bits per heavy atom. The van der Waals surface area contributed by atoms with Gasteiger partial charge >= 0.3 is 0 Å². The lowest BCUT2D eigenvalue weighted by atomic mass is 9.87. The smallest absolute Gasteiger partial charge is 0.0867 e. The summed E-state index contributed by atoms with van der Waals surface area (Å²) in [4.78, 5) is 2.53. The second-order valence-electron chi connectivity index (χ2n) is 7.61. The molecule has 0 saturated carbocycles. The van der Waals surface area contributed by atoms with Gasteiger partial charge in [-0.05, 0) is 37.5 Å². The maximum absolute atomic E-state index is 5.44. The molecule has 2 fully saturated rings. The van der Waals surface area contributed by atoms with Crippen LogP contribution in [-0.2, 0) is 4.74 Å². The van der Waals surface area contributed by atoms with Gasteiger partial charge in [0.1, 0.15) is 0 Å². The van der Waals surface area contributed by atoms with E-state index in [1.54, 1.807) is 0 Å². The van der Waals surface area contributed by atoms with Crippen molar-refractivity contribution in [3.8, 4) is 0 Å². The van der Waals surface area contributed by atoms with E-state index in [9.17, 15) is 0 Å². The summed E-state index contributed by atoms with van der Waals surface area (Å²) in [6, 6.07) is 0.759. The third kappa shape index (κ3) is 5.07. The molecule has 2 rings (SSSR count). The highest BCUT2D eigenvalue weighted by Gasteiger charge is 2.42. The summed E-state index contributed by atoms with van der Waals surface area (Å²) < 4.78 is 5.44. The number of likely N-dealkylation sites (tertiary alicyclic amines) is 1. The Morgan fingerprint density at radius 1 is 0.737 bits per heavy atom. The topological polar surface area (TPSA) is 15.8 Å². The second-order valence-corrected chi connectivity index (χ2v) is 7.61. The molecular formula is C17H35NO. The molecule has 2 heteroatoms. The van der Waals surface area contributed by atoms with Gasteiger partial charge in [-0.2, -0.15) is 0 Å². The van der Waals surface area contributed by atoms with Gasteiger partial charge in [-0.25, -0.2) is 0 Å². The van der Waals surface area contributed by atoms with Gasteiger partial charge in [0.2, 0.25) is 0 Å². The highest BCUT2D eigenvalue weighted by molar-refractivity contribution is 4.89. The van der Waals surface area contributed by atoms with Gasteiger partial charge in [0.05, 0.1) is 12.2 Å². The zero-order chi connectivity index (χ0) is 14.7. The fourth-order valence-corrected chi connectivity index (χ4v) is 2.60. The molecule has 0 aromatic carbocycles. The average molecular weight is 269 g/mol. The van der Waals surface area contributed by atoms with Crippen molar-refractivity contribution in [2.45, 2.75) is 73.6 Å². The van der Waals surface area contributed by atoms with Gasteiger partial charge in [-0.15, -0.1) is 0 Å². The van der Waals surface area contributed by atoms with Gasteiger partial charge < -0.3 is 9.64 Å². The third-order valence-corrected chi connectivity index (χ3v) is 4.49. The Morgan fingerprint density at radius 2 is 1.16 bits per heavy atom. The zero-order valence-electron chi connectivity index (χ0n) is 14.3. The fraction of sp³-hybridized carbons (Fsp3) is 1.00. The van der Waals surface area contributed by atoms with Crippen molar-refractivity contribution in [2.75, 3.05) is 13.1 Å². The quantitative estimate of drug-likeness (QED) is 0.716. The molecule has 2 nitrogen and oxygen atoms in total. The maximum atomic E-state index is 5.44. The van der Waals surface area contributed by atoms with Gasteiger partial charge in [0, 0.05) is 19.1 Å². The van der Waals surface area contributed by atoms with Crippen molar-refractivity contribution in [3.05, 3.63) is 0 Å². The molecule has 0 bridgehead atoms. The summed E-state index contributed by atoms with van der Waals surface area (Å²) in [5, 5.41) is 0. The first-order chi connectivity index (χ1) is 8.73. The van der Waals surface area contributed by atoms with Gasteiger partial charge in [0.25, 0.3) is 0 Å². The molecule has 2 atom stereocenters. The van der Waals surface area contributed by atoms with E-state index in [4.69, 9.17) is 4.74 Å². The third-order valence-electron chi connectivity index (χ3n) is 4.49. The molecule has 0 radical (unpaired) electrons. The molecule has 0 N–H and O–H groups in total. The summed E-state index contributed by atoms with van der Waals surface area (Å²) in [6.45, 7) is 20.7. The summed E-state index contributed by atoms with van der Waals surface area (Å²) in [6.07, 6.45) is 1.12. The minimum Gasteiger partial charge on any atom is -0.369 e. The molecule has 0 aromatic rings. The lowest BCUT2D eigenvalue weighted by molar-refractivity contribution is 0.0408. The Labute approximate surface area is 120 Å². The SMILES string of the molecule is CC(C)C1CN(C(C)C)C1.CC(C)C1OC1C(C)C. The lowest BCUT2D eigenvalue weighted by Gasteiger charge is -2.44. The predicted octanol–water partition coefficient (Wildman–Crippen LogP) is 4.05. The van der Waals surface area contributed by atoms with Crippen LogP contribution in [0.5, 0.6) is 0 Å². The van der Waals surface area contributed by atoms with E-state index in [0.717, 1.165) is 17.9 Å². The minimum absolute atomic E-state index is 0.560. The van der Waals surface area contributed by atoms with Crippen LogP contribution in [0.4, 0.5) is 0 Å². The molecule has 0 amide bonds. The summed E-state index contributed by atoms with van der Waals surface area (Å²) in [7, 11) is 0. The standard InChI is InChI=1S/C9H19N.C8H16O/c1-7(2)9-5-10(6-9)8(3)4;1-5(2)7-8(9-7)6(3)4/h7-9H,5-6H2,1-4H3;5-8H,1-4H3. The van der Waals surface area contributed by atoms with Crippen molar-refractivity contribution in [3.63, 3.8) is 0 Å². The van der Waals surface area contributed by atoms with E-state index in [-0.39, 0.29) is 0 Å². The number of hydrogen-bond acceptors (Lipinski definition) is 2. The second kappa shape index (κ2) is 7.08. The van der Waals surface area contributed by atoms with Crippen LogP contribution in [0.2, 0.25) is 0 Å². The zero-order valence-corrected chi connectivity index (χ0v) is 14.3. The predicted molar refractivity (Wildman–Crippen MR) is 83.4 cm³/mol. The summed E-state index contributed by atoms with van der Waals surface area (Å²) in [5.41, 5.74) is 0. The maximum Gasteiger partial charge on any atom is 0.0867 e. The Bertz CT molecular complexity index is 230. The summed E-state index contributed by atoms with van der Waals surface area (Å²) in [5.74, 6) is 3.27. The van der Waals surface area contributed by atoms with E-state index in [1.165, 1.54) is 13.1 Å². The van der Waals surface area contributed by atoms with Crippen LogP contribution < -0.4 is 0 Å². The van der Waals surface area contributed by atoms with E-state index >= 15 is 0 Å². The molecule has 2 aliphatic heterocycles. The van der Waals surface area contributed by atoms with Crippen molar-refractivity contribution < 1.29 is 4.74 Å². The Hall–Kier alpha value is -0.0800. The lowest BCUT2D eigenvalue weighted by Crippen LogP contribution is -2.51. The normalized spacial score (nSPS) is 27.8. The van der Waals surface area contributed by atoms with Gasteiger partial charge in [-0.1, -0.05) is 41.5 Å². The molecular weight excluding hydrogens is 234 g/mol. The first-order valence-corrected chi connectivity index (χ1v) is 8.13. The van der Waals surface area contributed by atoms with E-state index in [2.05, 4.69) is 60.3 Å². The van der Waals surface area contributed by atoms with Crippen LogP contribution in [-0.4, -0.2) is 36.2 Å². The molecule has 0 spiro atoms. The number of hydrogen-bond donors (Lipinski definition) is 0. The molecule has 114 valence electrons. The van der Waals surface area contributed by atoms with Gasteiger partial charge in [0.15, 0.2) is 0 Å². The monoisotopic (exact) mass is 269 g/mol. The molecule has 0 aromatic heterocycles. The largest absolute Gasteiger partial charge is 0.369 e. The Kier molecular flexibility index (Phi) is 6.32. The van der Waals surface area contributed by atoms with Crippen LogP contribution in [0.1, 0.15) is 55.4 Å². The highest BCUT2D eigenvalue weighted by Crippen LogP contribution is 2.34. The number of nitrogens with zero attached hydrogens (tertiary/aromatic N) is 1. The van der Waals surface area contributed by atoms with Crippen LogP contribution >= 0.6 is 0 Å². The fourth-order valence-electron chi connectivity index (χ4n) is 2.60. The molecule has 2 aliphatic rings. The molecule has 2 unspecified atom stereocenters. The molecule has 19 heavy (non-hydrogen) atoms. The van der Waals surface area contributed by atoms with Crippen molar-refractivity contribution in [2.24, 2.45) is 23.7 Å². The Balaban J connectivity index is 0.000000191. The first kappa shape index (κ1) is 17.0. The molecule has 2 saturated heterocycles. The molecule has 0 aliphatic carbocycles. The van der Waals surface area contributed by atoms with Crippen molar-refractivity contribution in [1.82, 2.24) is 4.90 Å². The number of rotatable bonds is 4. The van der Waals surface area contributed by atoms with Gasteiger partial charge in [-0.3, -0.25) is 0 Å². The van der Waals surface area contributed by atoms with Crippen molar-refractivity contribution in [1.29, 1.82) is 0 Å². The average Bonchev–Trinajstić information content (AvgIpc) is 2.92. The minimum atomic E-state index is 0.560. The van der Waals surface area contributed by atoms with Crippen LogP contribution in [0.3, 0.4) is 0 Å². The number of ether oxygens (including phenoxy) is 1. The van der Waals surface area contributed by atoms with E-state index in [1.807, 2.05) is 0 Å². The van der Waals surface area contributed by atoms with E-state index < -0.39 is 0 Å². The van der Waals surface area contributed by atoms with Crippen molar-refractivity contribution >= 4 is 0 Å². The summed E-state index contributed by atoms with van der Waals surface area (Å²) >= 11 is 0. The van der Waals surface area contributed by atoms with Crippen LogP contribution in [0, 0.1) is 23.7 Å². The van der Waals surface area contributed by atoms with Crippen LogP contribution in [0.25, 0.3) is 0 Å². The van der Waals surface area contributed by atoms with Crippen LogP contribution in [0.15, 0.2) is 0 Å². The van der Waals surface area contributed by atoms with E-state index in [0.29, 0.717) is 24.0 Å². The molecule has 2 heterocycles.